The van der Waals surface area contributed by atoms with Crippen LogP contribution in [0.1, 0.15) is 15.3 Å². The lowest BCUT2D eigenvalue weighted by Gasteiger charge is -2.21. The number of carbonyl (C=O) groups excluding carboxylic acids is 1. The zero-order valence-corrected chi connectivity index (χ0v) is 6.98. The van der Waals surface area contributed by atoms with Crippen LogP contribution < -0.4 is 5.32 Å². The van der Waals surface area contributed by atoms with Gasteiger partial charge in [0.25, 0.3) is 0 Å². The predicted molar refractivity (Wildman–Crippen MR) is 44.0 cm³/mol. The molecule has 62 valence electrons. The molecule has 0 aromatic carbocycles. The Morgan fingerprint density at radius 2 is 2.20 bits per heavy atom. The van der Waals surface area contributed by atoms with E-state index >= 15 is 0 Å². The number of rotatable bonds is 0. The van der Waals surface area contributed by atoms with Crippen LogP contribution in [0.15, 0.2) is 0 Å². The number of hydrogen-bond acceptors (Lipinski definition) is 2. The number of carbonyl (C=O) groups is 1. The summed E-state index contributed by atoms with van der Waals surface area (Å²) in [5.74, 6) is 0.138. The predicted octanol–water partition coefficient (Wildman–Crippen LogP) is 0.320. The van der Waals surface area contributed by atoms with Crippen molar-refractivity contribution in [1.82, 2.24) is 10.2 Å². The fourth-order valence-electron chi connectivity index (χ4n) is 0.766. The smallest absolute Gasteiger partial charge is 0.234 e. The molecule has 0 radical (unpaired) electrons. The summed E-state index contributed by atoms with van der Waals surface area (Å²) < 4.78 is 0. The fourth-order valence-corrected chi connectivity index (χ4v) is 0.766. The molecule has 1 amide bonds. The molecule has 0 saturated carbocycles. The van der Waals surface area contributed by atoms with Gasteiger partial charge >= 0.3 is 0 Å². The zero-order chi connectivity index (χ0) is 7.98. The van der Waals surface area contributed by atoms with Crippen molar-refractivity contribution in [2.75, 3.05) is 26.7 Å². The summed E-state index contributed by atoms with van der Waals surface area (Å²) in [5, 5.41) is 2.73. The monoisotopic (exact) mass is 146 g/mol. The second kappa shape index (κ2) is 5.23. The van der Waals surface area contributed by atoms with Gasteiger partial charge < -0.3 is 5.32 Å². The van der Waals surface area contributed by atoms with E-state index < -0.39 is 0 Å². The highest BCUT2D eigenvalue weighted by molar-refractivity contribution is 5.78. The van der Waals surface area contributed by atoms with Crippen molar-refractivity contribution in [1.29, 1.82) is 0 Å². The largest absolute Gasteiger partial charge is 0.354 e. The van der Waals surface area contributed by atoms with Crippen LogP contribution in [0, 0.1) is 0 Å². The van der Waals surface area contributed by atoms with Crippen LogP contribution in [0.3, 0.4) is 0 Å². The Balaban J connectivity index is 0. The van der Waals surface area contributed by atoms with Crippen LogP contribution >= 0.6 is 0 Å². The summed E-state index contributed by atoms with van der Waals surface area (Å²) in [4.78, 5) is 12.5. The number of amides is 1. The summed E-state index contributed by atoms with van der Waals surface area (Å²) in [6.45, 7) is 6.33. The normalized spacial score (nSPS) is 18.9. The van der Waals surface area contributed by atoms with Gasteiger partial charge in [0.2, 0.25) is 5.91 Å². The summed E-state index contributed by atoms with van der Waals surface area (Å²) in [5.41, 5.74) is 0. The Morgan fingerprint density at radius 3 is 2.50 bits per heavy atom. The fraction of sp³-hybridized carbons (Fsp3) is 0.857. The number of nitrogens with zero attached hydrogens (tertiary/aromatic N) is 1. The van der Waals surface area contributed by atoms with Crippen LogP contribution in [-0.4, -0.2) is 37.5 Å². The van der Waals surface area contributed by atoms with Gasteiger partial charge in [0.1, 0.15) is 0 Å². The molecule has 0 aromatic rings. The Labute approximate surface area is 63.9 Å². The van der Waals surface area contributed by atoms with E-state index in [1.165, 1.54) is 0 Å². The average molecular weight is 146 g/mol. The van der Waals surface area contributed by atoms with Gasteiger partial charge in [-0.1, -0.05) is 13.8 Å². The molecular formula is C7H18N2O. The molecule has 1 rings (SSSR count). The zero-order valence-electron chi connectivity index (χ0n) is 6.98. The maximum Gasteiger partial charge on any atom is 0.234 e. The molecule has 1 aliphatic heterocycles. The first kappa shape index (κ1) is 9.43. The third-order valence-corrected chi connectivity index (χ3v) is 1.23. The number of nitrogens with one attached hydrogen (secondary N) is 1. The number of hydrogen-bond donors (Lipinski definition) is 1. The molecule has 1 fully saturated rings. The lowest BCUT2D eigenvalue weighted by Crippen LogP contribution is -2.45. The molecular weight excluding hydrogens is 128 g/mol. The maximum absolute atomic E-state index is 10.5. The first-order chi connectivity index (χ1) is 4.79. The van der Waals surface area contributed by atoms with Gasteiger partial charge in [-0.25, -0.2) is 0 Å². The van der Waals surface area contributed by atoms with Crippen molar-refractivity contribution in [3.63, 3.8) is 0 Å². The van der Waals surface area contributed by atoms with E-state index in [1.54, 1.807) is 0 Å². The second-order valence-corrected chi connectivity index (χ2v) is 2.09. The molecule has 0 aliphatic carbocycles. The minimum Gasteiger partial charge on any atom is -0.354 e. The molecule has 0 unspecified atom stereocenters. The SMILES string of the molecule is CC.CN1CCNC(=O)C1.[HH]. The van der Waals surface area contributed by atoms with Crippen molar-refractivity contribution >= 4 is 5.91 Å². The molecule has 1 N–H and O–H groups in total. The van der Waals surface area contributed by atoms with Crippen molar-refractivity contribution < 1.29 is 6.22 Å². The Bertz CT molecular complexity index is 109. The van der Waals surface area contributed by atoms with Crippen molar-refractivity contribution in [2.45, 2.75) is 13.8 Å². The third-order valence-electron chi connectivity index (χ3n) is 1.23. The van der Waals surface area contributed by atoms with E-state index in [-0.39, 0.29) is 7.33 Å². The molecule has 0 bridgehead atoms. The van der Waals surface area contributed by atoms with Crippen LogP contribution in [0.25, 0.3) is 0 Å². The second-order valence-electron chi connectivity index (χ2n) is 2.09. The number of piperazine rings is 1. The maximum atomic E-state index is 10.5. The Hall–Kier alpha value is -0.570. The Kier molecular flexibility index (Phi) is 4.94. The van der Waals surface area contributed by atoms with E-state index in [2.05, 4.69) is 5.32 Å². The summed E-state index contributed by atoms with van der Waals surface area (Å²) >= 11 is 0. The first-order valence-corrected chi connectivity index (χ1v) is 3.74. The minimum absolute atomic E-state index is 0. The molecule has 1 aliphatic rings. The van der Waals surface area contributed by atoms with E-state index in [0.717, 1.165) is 13.1 Å². The van der Waals surface area contributed by atoms with E-state index in [4.69, 9.17) is 0 Å². The van der Waals surface area contributed by atoms with Crippen molar-refractivity contribution in [3.8, 4) is 0 Å². The third kappa shape index (κ3) is 3.45. The Morgan fingerprint density at radius 1 is 1.60 bits per heavy atom. The van der Waals surface area contributed by atoms with E-state index in [9.17, 15) is 4.79 Å². The van der Waals surface area contributed by atoms with Gasteiger partial charge in [-0.15, -0.1) is 0 Å². The molecule has 1 heterocycles. The molecule has 1 saturated heterocycles. The molecule has 3 heteroatoms. The highest BCUT2D eigenvalue weighted by Crippen LogP contribution is 1.85. The van der Waals surface area contributed by atoms with Gasteiger partial charge in [-0.05, 0) is 7.05 Å². The highest BCUT2D eigenvalue weighted by Gasteiger charge is 2.10. The van der Waals surface area contributed by atoms with Crippen LogP contribution in [0.5, 0.6) is 0 Å². The summed E-state index contributed by atoms with van der Waals surface area (Å²) in [6, 6.07) is 0. The summed E-state index contributed by atoms with van der Waals surface area (Å²) in [6.07, 6.45) is 0. The van der Waals surface area contributed by atoms with Gasteiger partial charge in [0, 0.05) is 14.5 Å². The molecule has 3 nitrogen and oxygen atoms in total. The number of likely N-dealkylation sites (N-methyl/N-ethyl adjacent to an activating group) is 1. The molecule has 0 spiro atoms. The quantitative estimate of drug-likeness (QED) is 0.534. The molecule has 0 atom stereocenters. The highest BCUT2D eigenvalue weighted by atomic mass is 16.2. The first-order valence-electron chi connectivity index (χ1n) is 3.74. The molecule has 0 aromatic heterocycles. The van der Waals surface area contributed by atoms with Crippen molar-refractivity contribution in [3.05, 3.63) is 0 Å². The van der Waals surface area contributed by atoms with Gasteiger partial charge in [0.05, 0.1) is 6.54 Å². The topological polar surface area (TPSA) is 32.3 Å². The van der Waals surface area contributed by atoms with Crippen molar-refractivity contribution in [2.24, 2.45) is 0 Å². The minimum atomic E-state index is 0. The van der Waals surface area contributed by atoms with Gasteiger partial charge in [-0.3, -0.25) is 9.69 Å². The van der Waals surface area contributed by atoms with Gasteiger partial charge in [-0.2, -0.15) is 0 Å². The average Bonchev–Trinajstić information content (AvgIpc) is 1.91. The summed E-state index contributed by atoms with van der Waals surface area (Å²) in [7, 11) is 1.94. The lowest BCUT2D eigenvalue weighted by atomic mass is 10.4. The standard InChI is InChI=1S/C5H10N2O.C2H6.H2/c1-7-3-2-6-5(8)4-7;1-2;/h2-4H2,1H3,(H,6,8);1-2H3;1H. The van der Waals surface area contributed by atoms with Gasteiger partial charge in [0.15, 0.2) is 0 Å². The van der Waals surface area contributed by atoms with E-state index in [0.29, 0.717) is 6.54 Å². The lowest BCUT2D eigenvalue weighted by molar-refractivity contribution is -0.123. The van der Waals surface area contributed by atoms with Crippen LogP contribution in [0.2, 0.25) is 0 Å². The molecule has 10 heavy (non-hydrogen) atoms. The van der Waals surface area contributed by atoms with E-state index in [1.807, 2.05) is 25.8 Å². The van der Waals surface area contributed by atoms with Crippen LogP contribution in [-0.2, 0) is 4.79 Å². The van der Waals surface area contributed by atoms with Crippen LogP contribution in [0.4, 0.5) is 0 Å².